The molecule has 1 saturated carbocycles. The van der Waals surface area contributed by atoms with E-state index in [0.717, 1.165) is 57.0 Å². The standard InChI is InChI=1S/C15H29NO2/c1-12(2)13-4-7-15(17,8-5-13)14(10-16)6-3-9-18-11-14/h12-13,17H,3-11,16H2,1-2H3. The molecule has 0 aromatic rings. The lowest BCUT2D eigenvalue weighted by Gasteiger charge is -2.52. The third-order valence-electron chi connectivity index (χ3n) is 5.50. The molecule has 3 heteroatoms. The summed E-state index contributed by atoms with van der Waals surface area (Å²) >= 11 is 0. The van der Waals surface area contributed by atoms with Gasteiger partial charge < -0.3 is 15.6 Å². The molecule has 2 rings (SSSR count). The molecule has 0 bridgehead atoms. The Bertz CT molecular complexity index is 264. The summed E-state index contributed by atoms with van der Waals surface area (Å²) in [7, 11) is 0. The van der Waals surface area contributed by atoms with Crippen LogP contribution in [0.5, 0.6) is 0 Å². The minimum atomic E-state index is -0.590. The van der Waals surface area contributed by atoms with Crippen molar-refractivity contribution in [3.8, 4) is 0 Å². The Kier molecular flexibility index (Phi) is 4.35. The van der Waals surface area contributed by atoms with E-state index in [1.807, 2.05) is 0 Å². The second kappa shape index (κ2) is 5.48. The van der Waals surface area contributed by atoms with Crippen molar-refractivity contribution in [2.75, 3.05) is 19.8 Å². The first-order valence-electron chi connectivity index (χ1n) is 7.53. The van der Waals surface area contributed by atoms with Crippen LogP contribution in [0.4, 0.5) is 0 Å². The Morgan fingerprint density at radius 1 is 1.28 bits per heavy atom. The Labute approximate surface area is 111 Å². The van der Waals surface area contributed by atoms with Gasteiger partial charge in [-0.15, -0.1) is 0 Å². The van der Waals surface area contributed by atoms with Gasteiger partial charge in [0.25, 0.3) is 0 Å². The maximum atomic E-state index is 11.1. The summed E-state index contributed by atoms with van der Waals surface area (Å²) in [6.45, 7) is 6.60. The Morgan fingerprint density at radius 2 is 1.94 bits per heavy atom. The molecule has 0 radical (unpaired) electrons. The second-order valence-corrected chi connectivity index (χ2v) is 6.75. The SMILES string of the molecule is CC(C)C1CCC(O)(C2(CN)CCCOC2)CC1. The van der Waals surface area contributed by atoms with Gasteiger partial charge in [0, 0.05) is 18.6 Å². The van der Waals surface area contributed by atoms with E-state index in [2.05, 4.69) is 13.8 Å². The molecule has 0 aromatic heterocycles. The molecule has 2 fully saturated rings. The van der Waals surface area contributed by atoms with E-state index in [-0.39, 0.29) is 5.41 Å². The average molecular weight is 255 g/mol. The van der Waals surface area contributed by atoms with Gasteiger partial charge in [0.05, 0.1) is 12.2 Å². The van der Waals surface area contributed by atoms with E-state index < -0.39 is 5.60 Å². The Hall–Kier alpha value is -0.120. The van der Waals surface area contributed by atoms with Crippen LogP contribution in [0.15, 0.2) is 0 Å². The lowest BCUT2D eigenvalue weighted by Crippen LogP contribution is -2.58. The molecule has 1 atom stereocenters. The van der Waals surface area contributed by atoms with E-state index in [9.17, 15) is 5.11 Å². The summed E-state index contributed by atoms with van der Waals surface area (Å²) in [6.07, 6.45) is 6.12. The highest BCUT2D eigenvalue weighted by molar-refractivity contribution is 5.03. The first-order valence-corrected chi connectivity index (χ1v) is 7.53. The predicted molar refractivity (Wildman–Crippen MR) is 73.3 cm³/mol. The molecule has 1 aliphatic carbocycles. The Balaban J connectivity index is 2.06. The summed E-state index contributed by atoms with van der Waals surface area (Å²) in [5, 5.41) is 11.1. The summed E-state index contributed by atoms with van der Waals surface area (Å²) in [5.74, 6) is 1.50. The first kappa shape index (κ1) is 14.3. The van der Waals surface area contributed by atoms with Crippen molar-refractivity contribution < 1.29 is 9.84 Å². The minimum absolute atomic E-state index is 0.187. The van der Waals surface area contributed by atoms with Gasteiger partial charge >= 0.3 is 0 Å². The zero-order valence-electron chi connectivity index (χ0n) is 12.0. The summed E-state index contributed by atoms with van der Waals surface area (Å²) in [6, 6.07) is 0. The first-order chi connectivity index (χ1) is 8.53. The molecule has 0 spiro atoms. The molecular weight excluding hydrogens is 226 g/mol. The molecule has 1 aliphatic heterocycles. The van der Waals surface area contributed by atoms with Crippen LogP contribution in [-0.2, 0) is 4.74 Å². The smallest absolute Gasteiger partial charge is 0.0738 e. The van der Waals surface area contributed by atoms with Crippen molar-refractivity contribution in [2.24, 2.45) is 23.0 Å². The molecule has 1 saturated heterocycles. The third kappa shape index (κ3) is 2.45. The maximum absolute atomic E-state index is 11.1. The number of hydrogen-bond donors (Lipinski definition) is 2. The van der Waals surface area contributed by atoms with Gasteiger partial charge in [0.2, 0.25) is 0 Å². The highest BCUT2D eigenvalue weighted by Gasteiger charge is 2.51. The second-order valence-electron chi connectivity index (χ2n) is 6.75. The van der Waals surface area contributed by atoms with Crippen molar-refractivity contribution in [1.29, 1.82) is 0 Å². The normalized spacial score (nSPS) is 42.2. The van der Waals surface area contributed by atoms with E-state index >= 15 is 0 Å². The van der Waals surface area contributed by atoms with E-state index in [4.69, 9.17) is 10.5 Å². The lowest BCUT2D eigenvalue weighted by atomic mass is 9.60. The fourth-order valence-electron chi connectivity index (χ4n) is 3.88. The van der Waals surface area contributed by atoms with Crippen molar-refractivity contribution in [1.82, 2.24) is 0 Å². The molecule has 18 heavy (non-hydrogen) atoms. The zero-order valence-corrected chi connectivity index (χ0v) is 12.0. The zero-order chi connectivity index (χ0) is 13.2. The van der Waals surface area contributed by atoms with Crippen molar-refractivity contribution >= 4 is 0 Å². The average Bonchev–Trinajstić information content (AvgIpc) is 2.40. The quantitative estimate of drug-likeness (QED) is 0.813. The summed E-state index contributed by atoms with van der Waals surface area (Å²) in [4.78, 5) is 0. The van der Waals surface area contributed by atoms with E-state index in [1.54, 1.807) is 0 Å². The molecule has 1 heterocycles. The van der Waals surface area contributed by atoms with Gasteiger partial charge in [-0.3, -0.25) is 0 Å². The van der Waals surface area contributed by atoms with Gasteiger partial charge in [0.15, 0.2) is 0 Å². The van der Waals surface area contributed by atoms with Gasteiger partial charge in [-0.1, -0.05) is 13.8 Å². The van der Waals surface area contributed by atoms with E-state index in [0.29, 0.717) is 13.2 Å². The van der Waals surface area contributed by atoms with Crippen LogP contribution >= 0.6 is 0 Å². The monoisotopic (exact) mass is 255 g/mol. The summed E-state index contributed by atoms with van der Waals surface area (Å²) < 4.78 is 5.63. The third-order valence-corrected chi connectivity index (χ3v) is 5.50. The van der Waals surface area contributed by atoms with Crippen LogP contribution in [0.1, 0.15) is 52.4 Å². The number of hydrogen-bond acceptors (Lipinski definition) is 3. The largest absolute Gasteiger partial charge is 0.389 e. The van der Waals surface area contributed by atoms with Crippen LogP contribution in [-0.4, -0.2) is 30.5 Å². The predicted octanol–water partition coefficient (Wildman–Crippen LogP) is 2.32. The highest BCUT2D eigenvalue weighted by atomic mass is 16.5. The summed E-state index contributed by atoms with van der Waals surface area (Å²) in [5.41, 5.74) is 5.23. The molecular formula is C15H29NO2. The van der Waals surface area contributed by atoms with Crippen LogP contribution in [0.2, 0.25) is 0 Å². The fraction of sp³-hybridized carbons (Fsp3) is 1.00. The lowest BCUT2D eigenvalue weighted by molar-refractivity contribution is -0.165. The number of rotatable bonds is 3. The molecule has 106 valence electrons. The number of nitrogens with two attached hydrogens (primary N) is 1. The van der Waals surface area contributed by atoms with Gasteiger partial charge in [0.1, 0.15) is 0 Å². The van der Waals surface area contributed by atoms with Crippen LogP contribution in [0.3, 0.4) is 0 Å². The highest BCUT2D eigenvalue weighted by Crippen LogP contribution is 2.48. The van der Waals surface area contributed by atoms with Crippen LogP contribution in [0.25, 0.3) is 0 Å². The minimum Gasteiger partial charge on any atom is -0.389 e. The Morgan fingerprint density at radius 3 is 2.39 bits per heavy atom. The number of ether oxygens (including phenoxy) is 1. The molecule has 1 unspecified atom stereocenters. The van der Waals surface area contributed by atoms with Crippen LogP contribution in [0, 0.1) is 17.3 Å². The molecule has 3 N–H and O–H groups in total. The van der Waals surface area contributed by atoms with Crippen molar-refractivity contribution in [3.05, 3.63) is 0 Å². The molecule has 0 amide bonds. The maximum Gasteiger partial charge on any atom is 0.0738 e. The van der Waals surface area contributed by atoms with Crippen molar-refractivity contribution in [2.45, 2.75) is 58.0 Å². The molecule has 2 aliphatic rings. The molecule has 0 aromatic carbocycles. The van der Waals surface area contributed by atoms with Crippen molar-refractivity contribution in [3.63, 3.8) is 0 Å². The van der Waals surface area contributed by atoms with Gasteiger partial charge in [-0.05, 0) is 50.4 Å². The topological polar surface area (TPSA) is 55.5 Å². The van der Waals surface area contributed by atoms with E-state index in [1.165, 1.54) is 0 Å². The number of aliphatic hydroxyl groups is 1. The van der Waals surface area contributed by atoms with Gasteiger partial charge in [-0.2, -0.15) is 0 Å². The molecule has 3 nitrogen and oxygen atoms in total. The fourth-order valence-corrected chi connectivity index (χ4v) is 3.88. The van der Waals surface area contributed by atoms with Crippen LogP contribution < -0.4 is 5.73 Å². The van der Waals surface area contributed by atoms with Gasteiger partial charge in [-0.25, -0.2) is 0 Å².